The average molecular weight is 525 g/mol. The molecule has 0 N–H and O–H groups in total. The molecule has 190 valence electrons. The first kappa shape index (κ1) is 23.9. The van der Waals surface area contributed by atoms with Gasteiger partial charge in [0.1, 0.15) is 0 Å². The van der Waals surface area contributed by atoms with Gasteiger partial charge >= 0.3 is 5.97 Å². The first-order valence-electron chi connectivity index (χ1n) is 12.3. The van der Waals surface area contributed by atoms with Gasteiger partial charge in [0, 0.05) is 5.56 Å². The first-order valence-corrected chi connectivity index (χ1v) is 13.1. The molecular formula is C30H24N2O5S. The van der Waals surface area contributed by atoms with Gasteiger partial charge in [-0.3, -0.25) is 9.36 Å². The van der Waals surface area contributed by atoms with Crippen molar-refractivity contribution in [2.24, 2.45) is 4.99 Å². The van der Waals surface area contributed by atoms with Crippen molar-refractivity contribution in [3.05, 3.63) is 120 Å². The number of aryl methyl sites for hydroxylation is 1. The molecule has 1 atom stereocenters. The fourth-order valence-electron chi connectivity index (χ4n) is 4.75. The summed E-state index contributed by atoms with van der Waals surface area (Å²) in [6, 6.07) is 22.1. The van der Waals surface area contributed by atoms with Crippen molar-refractivity contribution < 1.29 is 19.0 Å². The molecule has 0 radical (unpaired) electrons. The van der Waals surface area contributed by atoms with Gasteiger partial charge in [-0.2, -0.15) is 0 Å². The van der Waals surface area contributed by atoms with Crippen molar-refractivity contribution in [2.75, 3.05) is 13.4 Å². The fraction of sp³-hybridized carbons (Fsp3) is 0.167. The number of ether oxygens (including phenoxy) is 3. The molecule has 6 rings (SSSR count). The van der Waals surface area contributed by atoms with Gasteiger partial charge in [0.2, 0.25) is 6.79 Å². The number of hydrogen-bond donors (Lipinski definition) is 0. The highest BCUT2D eigenvalue weighted by Crippen LogP contribution is 2.36. The number of rotatable bonds is 5. The Morgan fingerprint density at radius 1 is 1.08 bits per heavy atom. The lowest BCUT2D eigenvalue weighted by atomic mass is 9.93. The van der Waals surface area contributed by atoms with Crippen molar-refractivity contribution in [2.45, 2.75) is 19.9 Å². The van der Waals surface area contributed by atoms with Crippen LogP contribution in [-0.4, -0.2) is 23.9 Å². The Labute approximate surface area is 222 Å². The zero-order chi connectivity index (χ0) is 26.2. The van der Waals surface area contributed by atoms with Crippen molar-refractivity contribution in [1.82, 2.24) is 4.57 Å². The van der Waals surface area contributed by atoms with Gasteiger partial charge < -0.3 is 14.2 Å². The number of fused-ring (bicyclic) bond motifs is 2. The van der Waals surface area contributed by atoms with Gasteiger partial charge in [0.25, 0.3) is 5.56 Å². The fourth-order valence-corrected chi connectivity index (χ4v) is 5.74. The largest absolute Gasteiger partial charge is 0.463 e. The Morgan fingerprint density at radius 3 is 2.47 bits per heavy atom. The maximum atomic E-state index is 14.0. The number of carbonyl (C=O) groups is 1. The zero-order valence-corrected chi connectivity index (χ0v) is 21.7. The third kappa shape index (κ3) is 4.13. The van der Waals surface area contributed by atoms with Crippen molar-refractivity contribution in [3.8, 4) is 11.5 Å². The molecule has 0 saturated carbocycles. The lowest BCUT2D eigenvalue weighted by Crippen LogP contribution is -2.40. The van der Waals surface area contributed by atoms with E-state index in [1.165, 1.54) is 11.3 Å². The molecule has 0 fully saturated rings. The highest BCUT2D eigenvalue weighted by molar-refractivity contribution is 7.07. The van der Waals surface area contributed by atoms with Crippen molar-refractivity contribution in [3.63, 3.8) is 0 Å². The maximum absolute atomic E-state index is 14.0. The summed E-state index contributed by atoms with van der Waals surface area (Å²) in [7, 11) is 0. The molecule has 3 heterocycles. The normalized spacial score (nSPS) is 16.3. The third-order valence-electron chi connectivity index (χ3n) is 6.54. The van der Waals surface area contributed by atoms with E-state index in [0.29, 0.717) is 32.1 Å². The van der Waals surface area contributed by atoms with Crippen LogP contribution in [0.25, 0.3) is 11.8 Å². The van der Waals surface area contributed by atoms with E-state index < -0.39 is 12.0 Å². The van der Waals surface area contributed by atoms with Crippen LogP contribution in [0, 0.1) is 6.92 Å². The van der Waals surface area contributed by atoms with E-state index in [9.17, 15) is 9.59 Å². The lowest BCUT2D eigenvalue weighted by molar-refractivity contribution is -0.138. The molecule has 0 aliphatic carbocycles. The highest BCUT2D eigenvalue weighted by atomic mass is 32.1. The van der Waals surface area contributed by atoms with Gasteiger partial charge in [-0.25, -0.2) is 9.79 Å². The molecule has 0 amide bonds. The standard InChI is InChI=1S/C30H24N2O5S/c1-3-35-29(34)25-26(19-10-6-4-7-11-19)31-30-32(27(25)20-12-8-5-9-13-20)28(33)24(38-30)16-21-15-23-22(14-18(21)2)36-17-37-23/h4-16,27H,3,17H2,1-2H3/t27-/m0/s1. The minimum absolute atomic E-state index is 0.177. The average Bonchev–Trinajstić information content (AvgIpc) is 3.52. The third-order valence-corrected chi connectivity index (χ3v) is 7.52. The first-order chi connectivity index (χ1) is 18.5. The van der Waals surface area contributed by atoms with E-state index in [0.717, 1.165) is 22.3 Å². The predicted molar refractivity (Wildman–Crippen MR) is 145 cm³/mol. The second-order valence-corrected chi connectivity index (χ2v) is 9.91. The van der Waals surface area contributed by atoms with Gasteiger partial charge in [0.05, 0.1) is 28.5 Å². The minimum Gasteiger partial charge on any atom is -0.463 e. The van der Waals surface area contributed by atoms with E-state index >= 15 is 0 Å². The molecule has 0 saturated heterocycles. The van der Waals surface area contributed by atoms with Crippen LogP contribution < -0.4 is 24.4 Å². The second-order valence-electron chi connectivity index (χ2n) is 8.90. The van der Waals surface area contributed by atoms with E-state index in [1.807, 2.05) is 85.8 Å². The smallest absolute Gasteiger partial charge is 0.338 e. The minimum atomic E-state index is -0.693. The second kappa shape index (κ2) is 9.79. The Kier molecular flexibility index (Phi) is 6.17. The van der Waals surface area contributed by atoms with Crippen LogP contribution in [0.5, 0.6) is 11.5 Å². The number of esters is 1. The number of hydrogen-bond acceptors (Lipinski definition) is 7. The summed E-state index contributed by atoms with van der Waals surface area (Å²) in [5.74, 6) is 0.842. The Morgan fingerprint density at radius 2 is 1.76 bits per heavy atom. The molecule has 2 aliphatic heterocycles. The molecule has 0 spiro atoms. The summed E-state index contributed by atoms with van der Waals surface area (Å²) in [6.07, 6.45) is 1.85. The van der Waals surface area contributed by atoms with E-state index in [1.54, 1.807) is 11.5 Å². The number of carbonyl (C=O) groups excluding carboxylic acids is 1. The quantitative estimate of drug-likeness (QED) is 0.369. The monoisotopic (exact) mass is 524 g/mol. The summed E-state index contributed by atoms with van der Waals surface area (Å²) >= 11 is 1.29. The molecule has 0 bridgehead atoms. The van der Waals surface area contributed by atoms with Crippen molar-refractivity contribution >= 4 is 29.1 Å². The molecule has 0 unspecified atom stereocenters. The van der Waals surface area contributed by atoms with Crippen molar-refractivity contribution in [1.29, 1.82) is 0 Å². The van der Waals surface area contributed by atoms with E-state index in [4.69, 9.17) is 19.2 Å². The van der Waals surface area contributed by atoms with Crippen LogP contribution in [0.15, 0.2) is 88.2 Å². The molecule has 7 nitrogen and oxygen atoms in total. The SMILES string of the molecule is CCOC(=O)C1=C(c2ccccc2)N=c2sc(=Cc3cc4c(cc3C)OCO4)c(=O)n2[C@H]1c1ccccc1. The van der Waals surface area contributed by atoms with Crippen LogP contribution in [-0.2, 0) is 9.53 Å². The number of benzene rings is 3. The van der Waals surface area contributed by atoms with Crippen LogP contribution in [0.3, 0.4) is 0 Å². The topological polar surface area (TPSA) is 79.1 Å². The number of nitrogens with zero attached hydrogens (tertiary/aromatic N) is 2. The lowest BCUT2D eigenvalue weighted by Gasteiger charge is -2.25. The summed E-state index contributed by atoms with van der Waals surface area (Å²) in [4.78, 5) is 32.8. The Balaban J connectivity index is 1.62. The molecular weight excluding hydrogens is 500 g/mol. The van der Waals surface area contributed by atoms with E-state index in [-0.39, 0.29) is 19.0 Å². The van der Waals surface area contributed by atoms with Gasteiger partial charge in [0.15, 0.2) is 16.3 Å². The predicted octanol–water partition coefficient (Wildman–Crippen LogP) is 3.97. The highest BCUT2D eigenvalue weighted by Gasteiger charge is 2.35. The van der Waals surface area contributed by atoms with Gasteiger partial charge in [-0.15, -0.1) is 0 Å². The summed E-state index contributed by atoms with van der Waals surface area (Å²) in [5.41, 5.74) is 3.99. The van der Waals surface area contributed by atoms with Crippen LogP contribution in [0.4, 0.5) is 0 Å². The number of thiazole rings is 1. The molecule has 4 aromatic rings. The molecule has 8 heteroatoms. The van der Waals surface area contributed by atoms with Gasteiger partial charge in [-0.1, -0.05) is 72.0 Å². The molecule has 3 aromatic carbocycles. The maximum Gasteiger partial charge on any atom is 0.338 e. The van der Waals surface area contributed by atoms with Crippen LogP contribution in [0.2, 0.25) is 0 Å². The number of aromatic nitrogens is 1. The summed E-state index contributed by atoms with van der Waals surface area (Å²) < 4.78 is 18.6. The zero-order valence-electron chi connectivity index (χ0n) is 20.8. The van der Waals surface area contributed by atoms with E-state index in [2.05, 4.69) is 0 Å². The molecule has 2 aliphatic rings. The summed E-state index contributed by atoms with van der Waals surface area (Å²) in [5, 5.41) is 0. The van der Waals surface area contributed by atoms with Crippen LogP contribution in [0.1, 0.15) is 35.2 Å². The molecule has 38 heavy (non-hydrogen) atoms. The summed E-state index contributed by atoms with van der Waals surface area (Å²) in [6.45, 7) is 4.11. The molecule has 1 aromatic heterocycles. The Bertz CT molecular complexity index is 1750. The van der Waals surface area contributed by atoms with Crippen LogP contribution >= 0.6 is 11.3 Å². The van der Waals surface area contributed by atoms with Gasteiger partial charge in [-0.05, 0) is 48.7 Å². The Hall–Kier alpha value is -4.43.